The molecule has 0 bridgehead atoms. The van der Waals surface area contributed by atoms with Crippen molar-refractivity contribution in [2.45, 2.75) is 32.8 Å². The lowest BCUT2D eigenvalue weighted by atomic mass is 9.96. The van der Waals surface area contributed by atoms with E-state index in [2.05, 4.69) is 6.92 Å². The van der Waals surface area contributed by atoms with E-state index in [-0.39, 0.29) is 12.5 Å². The summed E-state index contributed by atoms with van der Waals surface area (Å²) >= 11 is 1.52. The zero-order chi connectivity index (χ0) is 14.9. The maximum Gasteiger partial charge on any atom is 0.329 e. The maximum absolute atomic E-state index is 12.3. The lowest BCUT2D eigenvalue weighted by Gasteiger charge is -2.47. The van der Waals surface area contributed by atoms with Crippen molar-refractivity contribution in [3.05, 3.63) is 21.4 Å². The molecule has 2 rings (SSSR count). The summed E-state index contributed by atoms with van der Waals surface area (Å²) < 4.78 is 5.30. The van der Waals surface area contributed by atoms with Crippen molar-refractivity contribution in [3.63, 3.8) is 0 Å². The molecule has 0 unspecified atom stereocenters. The predicted molar refractivity (Wildman–Crippen MR) is 76.3 cm³/mol. The summed E-state index contributed by atoms with van der Waals surface area (Å²) in [4.78, 5) is 26.4. The molecule has 0 spiro atoms. The largest absolute Gasteiger partial charge is 0.480 e. The molecule has 1 aromatic rings. The standard InChI is InChI=1S/C14H19NO4S/c1-4-10-5-11(20-9(10)2)13(18)15-7-14(3,8-15)19-6-12(16)17/h5H,4,6-8H2,1-3H3,(H,16,17). The summed E-state index contributed by atoms with van der Waals surface area (Å²) in [7, 11) is 0. The van der Waals surface area contributed by atoms with Crippen LogP contribution in [0.15, 0.2) is 6.07 Å². The van der Waals surface area contributed by atoms with E-state index in [1.165, 1.54) is 21.8 Å². The SMILES string of the molecule is CCc1cc(C(=O)N2CC(C)(OCC(=O)O)C2)sc1C. The molecule has 2 heterocycles. The van der Waals surface area contributed by atoms with Gasteiger partial charge in [0.2, 0.25) is 0 Å². The predicted octanol–water partition coefficient (Wildman–Crippen LogP) is 1.93. The average Bonchev–Trinajstić information content (AvgIpc) is 2.73. The first-order valence-corrected chi connectivity index (χ1v) is 7.40. The minimum absolute atomic E-state index is 0.00852. The molecule has 1 saturated heterocycles. The number of carboxylic acid groups (broad SMARTS) is 1. The fourth-order valence-electron chi connectivity index (χ4n) is 2.36. The number of nitrogens with zero attached hydrogens (tertiary/aromatic N) is 1. The Kier molecular flexibility index (Phi) is 4.15. The Bertz CT molecular complexity index is 531. The highest BCUT2D eigenvalue weighted by atomic mass is 32.1. The van der Waals surface area contributed by atoms with E-state index in [1.807, 2.05) is 19.9 Å². The number of hydrogen-bond donors (Lipinski definition) is 1. The van der Waals surface area contributed by atoms with Crippen LogP contribution in [0.25, 0.3) is 0 Å². The van der Waals surface area contributed by atoms with Crippen molar-refractivity contribution >= 4 is 23.2 Å². The first-order chi connectivity index (χ1) is 9.34. The molecule has 1 N–H and O–H groups in total. The third kappa shape index (κ3) is 3.02. The molecule has 0 aromatic carbocycles. The summed E-state index contributed by atoms with van der Waals surface area (Å²) in [6, 6.07) is 1.95. The highest BCUT2D eigenvalue weighted by Gasteiger charge is 2.43. The van der Waals surface area contributed by atoms with Crippen molar-refractivity contribution in [1.29, 1.82) is 0 Å². The topological polar surface area (TPSA) is 66.8 Å². The van der Waals surface area contributed by atoms with E-state index in [9.17, 15) is 9.59 Å². The van der Waals surface area contributed by atoms with Crippen LogP contribution in [0.3, 0.4) is 0 Å². The van der Waals surface area contributed by atoms with E-state index >= 15 is 0 Å². The number of likely N-dealkylation sites (tertiary alicyclic amines) is 1. The van der Waals surface area contributed by atoms with Gasteiger partial charge < -0.3 is 14.7 Å². The molecule has 5 nitrogen and oxygen atoms in total. The molecule has 1 fully saturated rings. The second kappa shape index (κ2) is 5.54. The molecular formula is C14H19NO4S. The van der Waals surface area contributed by atoms with Gasteiger partial charge in [-0.05, 0) is 31.9 Å². The lowest BCUT2D eigenvalue weighted by Crippen LogP contribution is -2.63. The summed E-state index contributed by atoms with van der Waals surface area (Å²) in [5.74, 6) is -0.980. The monoisotopic (exact) mass is 297 g/mol. The molecule has 20 heavy (non-hydrogen) atoms. The summed E-state index contributed by atoms with van der Waals surface area (Å²) in [5.41, 5.74) is 0.678. The Hall–Kier alpha value is -1.40. The van der Waals surface area contributed by atoms with Gasteiger partial charge in [0.15, 0.2) is 0 Å². The molecule has 1 aliphatic heterocycles. The molecule has 110 valence electrons. The first kappa shape index (κ1) is 15.0. The van der Waals surface area contributed by atoms with Crippen LogP contribution in [0.2, 0.25) is 0 Å². The van der Waals surface area contributed by atoms with Gasteiger partial charge in [0.1, 0.15) is 12.2 Å². The lowest BCUT2D eigenvalue weighted by molar-refractivity contribution is -0.159. The summed E-state index contributed by atoms with van der Waals surface area (Å²) in [6.45, 7) is 6.49. The molecular weight excluding hydrogens is 278 g/mol. The summed E-state index contributed by atoms with van der Waals surface area (Å²) in [6.07, 6.45) is 0.926. The third-order valence-corrected chi connectivity index (χ3v) is 4.58. The van der Waals surface area contributed by atoms with Crippen LogP contribution in [0.5, 0.6) is 0 Å². The van der Waals surface area contributed by atoms with Crippen LogP contribution in [0, 0.1) is 6.92 Å². The van der Waals surface area contributed by atoms with E-state index in [0.29, 0.717) is 13.1 Å². The average molecular weight is 297 g/mol. The maximum atomic E-state index is 12.3. The van der Waals surface area contributed by atoms with Crippen molar-refractivity contribution in [3.8, 4) is 0 Å². The van der Waals surface area contributed by atoms with Gasteiger partial charge in [-0.25, -0.2) is 4.79 Å². The normalized spacial score (nSPS) is 16.9. The molecule has 0 radical (unpaired) electrons. The van der Waals surface area contributed by atoms with Crippen LogP contribution < -0.4 is 0 Å². The number of amides is 1. The minimum atomic E-state index is -0.988. The van der Waals surface area contributed by atoms with Gasteiger partial charge in [0.25, 0.3) is 5.91 Å². The Morgan fingerprint density at radius 2 is 2.15 bits per heavy atom. The minimum Gasteiger partial charge on any atom is -0.480 e. The van der Waals surface area contributed by atoms with Gasteiger partial charge in [-0.2, -0.15) is 0 Å². The highest BCUT2D eigenvalue weighted by Crippen LogP contribution is 2.29. The fourth-order valence-corrected chi connectivity index (χ4v) is 3.45. The highest BCUT2D eigenvalue weighted by molar-refractivity contribution is 7.14. The third-order valence-electron chi connectivity index (χ3n) is 3.49. The molecule has 0 atom stereocenters. The Morgan fingerprint density at radius 1 is 1.50 bits per heavy atom. The van der Waals surface area contributed by atoms with Gasteiger partial charge in [0.05, 0.1) is 18.0 Å². The number of thiophene rings is 1. The Morgan fingerprint density at radius 3 is 2.65 bits per heavy atom. The quantitative estimate of drug-likeness (QED) is 0.902. The van der Waals surface area contributed by atoms with Gasteiger partial charge >= 0.3 is 5.97 Å². The van der Waals surface area contributed by atoms with Gasteiger partial charge in [-0.3, -0.25) is 4.79 Å². The van der Waals surface area contributed by atoms with Gasteiger partial charge in [-0.1, -0.05) is 6.92 Å². The smallest absolute Gasteiger partial charge is 0.329 e. The zero-order valence-corrected chi connectivity index (χ0v) is 12.7. The van der Waals surface area contributed by atoms with Crippen LogP contribution in [-0.2, 0) is 16.0 Å². The molecule has 6 heteroatoms. The Balaban J connectivity index is 1.94. The van der Waals surface area contributed by atoms with Crippen molar-refractivity contribution in [2.24, 2.45) is 0 Å². The van der Waals surface area contributed by atoms with Crippen molar-refractivity contribution in [2.75, 3.05) is 19.7 Å². The number of aryl methyl sites for hydroxylation is 2. The number of aliphatic carboxylic acids is 1. The van der Waals surface area contributed by atoms with Crippen molar-refractivity contribution in [1.82, 2.24) is 4.90 Å². The van der Waals surface area contributed by atoms with Crippen LogP contribution >= 0.6 is 11.3 Å². The number of hydrogen-bond acceptors (Lipinski definition) is 4. The van der Waals surface area contributed by atoms with Crippen LogP contribution in [0.1, 0.15) is 34.0 Å². The van der Waals surface area contributed by atoms with E-state index in [4.69, 9.17) is 9.84 Å². The number of ether oxygens (including phenoxy) is 1. The Labute approximate surface area is 122 Å². The zero-order valence-electron chi connectivity index (χ0n) is 11.9. The number of rotatable bonds is 5. The van der Waals surface area contributed by atoms with Crippen LogP contribution in [-0.4, -0.2) is 47.2 Å². The molecule has 1 aliphatic rings. The van der Waals surface area contributed by atoms with Gasteiger partial charge in [0, 0.05) is 4.88 Å². The second-order valence-corrected chi connectivity index (χ2v) is 6.60. The van der Waals surface area contributed by atoms with Crippen LogP contribution in [0.4, 0.5) is 0 Å². The van der Waals surface area contributed by atoms with E-state index in [1.54, 1.807) is 4.90 Å². The molecule has 0 saturated carbocycles. The fraction of sp³-hybridized carbons (Fsp3) is 0.571. The van der Waals surface area contributed by atoms with E-state index < -0.39 is 11.6 Å². The number of carbonyl (C=O) groups is 2. The summed E-state index contributed by atoms with van der Waals surface area (Å²) in [5, 5.41) is 8.61. The molecule has 1 aromatic heterocycles. The van der Waals surface area contributed by atoms with Crippen molar-refractivity contribution < 1.29 is 19.4 Å². The van der Waals surface area contributed by atoms with Gasteiger partial charge in [-0.15, -0.1) is 11.3 Å². The first-order valence-electron chi connectivity index (χ1n) is 6.59. The molecule has 1 amide bonds. The number of carbonyl (C=O) groups excluding carboxylic acids is 1. The molecule has 0 aliphatic carbocycles. The number of carboxylic acids is 1. The van der Waals surface area contributed by atoms with E-state index in [0.717, 1.165) is 11.3 Å². The second-order valence-electron chi connectivity index (χ2n) is 5.34.